The van der Waals surface area contributed by atoms with E-state index in [-0.39, 0.29) is 12.1 Å². The van der Waals surface area contributed by atoms with Gasteiger partial charge >= 0.3 is 6.09 Å². The number of ether oxygens (including phenoxy) is 1. The Morgan fingerprint density at radius 3 is 2.67 bits per heavy atom. The largest absolute Gasteiger partial charge is 0.444 e. The van der Waals surface area contributed by atoms with E-state index in [0.29, 0.717) is 11.8 Å². The van der Waals surface area contributed by atoms with Crippen molar-refractivity contribution >= 4 is 27.8 Å². The van der Waals surface area contributed by atoms with E-state index in [1.54, 1.807) is 6.20 Å². The molecule has 1 unspecified atom stereocenters. The number of fused-ring (bicyclic) bond motifs is 1. The van der Waals surface area contributed by atoms with Crippen LogP contribution < -0.4 is 10.2 Å². The van der Waals surface area contributed by atoms with Gasteiger partial charge in [0.25, 0.3) is 0 Å². The van der Waals surface area contributed by atoms with Crippen molar-refractivity contribution in [1.82, 2.24) is 10.3 Å². The molecule has 1 aromatic rings. The van der Waals surface area contributed by atoms with E-state index in [1.165, 1.54) is 0 Å². The van der Waals surface area contributed by atoms with E-state index >= 15 is 0 Å². The number of aromatic nitrogens is 1. The molecular formula is C15H20BrN3O2. The number of amides is 1. The lowest BCUT2D eigenvalue weighted by molar-refractivity contribution is 0.0518. The average molecular weight is 354 g/mol. The summed E-state index contributed by atoms with van der Waals surface area (Å²) in [5, 5.41) is 2.98. The molecule has 114 valence electrons. The van der Waals surface area contributed by atoms with E-state index < -0.39 is 5.60 Å². The molecule has 1 saturated carbocycles. The van der Waals surface area contributed by atoms with Crippen LogP contribution >= 0.6 is 15.9 Å². The Bertz CT molecular complexity index is 546. The van der Waals surface area contributed by atoms with E-state index in [1.807, 2.05) is 32.9 Å². The second-order valence-electron chi connectivity index (χ2n) is 6.71. The van der Waals surface area contributed by atoms with Crippen LogP contribution in [0.4, 0.5) is 10.6 Å². The fraction of sp³-hybridized carbons (Fsp3) is 0.600. The molecule has 2 fully saturated rings. The van der Waals surface area contributed by atoms with Crippen molar-refractivity contribution in [2.45, 2.75) is 32.4 Å². The van der Waals surface area contributed by atoms with Gasteiger partial charge in [-0.15, -0.1) is 0 Å². The Morgan fingerprint density at radius 2 is 2.10 bits per heavy atom. The Hall–Kier alpha value is -1.30. The number of alkyl carbamates (subject to hydrolysis) is 1. The van der Waals surface area contributed by atoms with Crippen LogP contribution in [0.5, 0.6) is 0 Å². The van der Waals surface area contributed by atoms with Crippen LogP contribution in [0.15, 0.2) is 22.8 Å². The Morgan fingerprint density at radius 1 is 1.43 bits per heavy atom. The molecule has 1 N–H and O–H groups in total. The van der Waals surface area contributed by atoms with Gasteiger partial charge in [0.1, 0.15) is 11.4 Å². The predicted molar refractivity (Wildman–Crippen MR) is 84.3 cm³/mol. The summed E-state index contributed by atoms with van der Waals surface area (Å²) in [6, 6.07) is 4.17. The minimum Gasteiger partial charge on any atom is -0.444 e. The maximum atomic E-state index is 11.8. The summed E-state index contributed by atoms with van der Waals surface area (Å²) in [5.74, 6) is 2.00. The molecule has 0 aromatic carbocycles. The molecule has 1 amide bonds. The maximum absolute atomic E-state index is 11.8. The summed E-state index contributed by atoms with van der Waals surface area (Å²) in [6.07, 6.45) is 1.49. The van der Waals surface area contributed by atoms with Gasteiger partial charge in [0.05, 0.1) is 4.47 Å². The standard InChI is InChI=1S/C15H20BrN3O2/c1-15(2,3)21-14(20)18-12-9-7-19(8-10(9)12)13-11(16)5-4-6-17-13/h4-6,9-10,12H,7-8H2,1-3H3,(H,18,20)/t9-,10?,12-/m0/s1. The normalized spacial score (nSPS) is 27.2. The summed E-state index contributed by atoms with van der Waals surface area (Å²) in [6.45, 7) is 7.49. The predicted octanol–water partition coefficient (Wildman–Crippen LogP) is 2.80. The molecule has 21 heavy (non-hydrogen) atoms. The minimum absolute atomic E-state index is 0.249. The van der Waals surface area contributed by atoms with Gasteiger partial charge in [-0.1, -0.05) is 0 Å². The summed E-state index contributed by atoms with van der Waals surface area (Å²) in [5.41, 5.74) is -0.445. The maximum Gasteiger partial charge on any atom is 0.407 e. The fourth-order valence-corrected chi connectivity index (χ4v) is 3.47. The summed E-state index contributed by atoms with van der Waals surface area (Å²) < 4.78 is 6.32. The highest BCUT2D eigenvalue weighted by Crippen LogP contribution is 2.47. The zero-order valence-electron chi connectivity index (χ0n) is 12.5. The molecule has 1 aromatic heterocycles. The number of rotatable bonds is 2. The smallest absolute Gasteiger partial charge is 0.407 e. The highest BCUT2D eigenvalue weighted by Gasteiger charge is 2.57. The van der Waals surface area contributed by atoms with Crippen LogP contribution in [0.1, 0.15) is 20.8 Å². The molecule has 1 saturated heterocycles. The van der Waals surface area contributed by atoms with Crippen LogP contribution in [0.2, 0.25) is 0 Å². The highest BCUT2D eigenvalue weighted by atomic mass is 79.9. The van der Waals surface area contributed by atoms with Crippen LogP contribution in [0.25, 0.3) is 0 Å². The zero-order chi connectivity index (χ0) is 15.2. The van der Waals surface area contributed by atoms with Crippen molar-refractivity contribution in [2.75, 3.05) is 18.0 Å². The van der Waals surface area contributed by atoms with E-state index in [2.05, 4.69) is 31.1 Å². The van der Waals surface area contributed by atoms with Crippen molar-refractivity contribution in [3.05, 3.63) is 22.8 Å². The topological polar surface area (TPSA) is 54.5 Å². The molecule has 2 heterocycles. The highest BCUT2D eigenvalue weighted by molar-refractivity contribution is 9.10. The number of anilines is 1. The van der Waals surface area contributed by atoms with Crippen molar-refractivity contribution in [2.24, 2.45) is 11.8 Å². The molecule has 6 heteroatoms. The van der Waals surface area contributed by atoms with Crippen LogP contribution in [0.3, 0.4) is 0 Å². The number of carbonyl (C=O) groups excluding carboxylic acids is 1. The second-order valence-corrected chi connectivity index (χ2v) is 7.57. The molecular weight excluding hydrogens is 334 g/mol. The third-order valence-corrected chi connectivity index (χ3v) is 4.53. The van der Waals surface area contributed by atoms with Crippen molar-refractivity contribution < 1.29 is 9.53 Å². The lowest BCUT2D eigenvalue weighted by Gasteiger charge is -2.23. The van der Waals surface area contributed by atoms with Crippen LogP contribution in [-0.2, 0) is 4.74 Å². The SMILES string of the molecule is CC(C)(C)OC(=O)N[C@@H]1C2CN(c3ncccc3Br)C[C@@H]21. The molecule has 2 aliphatic rings. The zero-order valence-corrected chi connectivity index (χ0v) is 14.1. The molecule has 3 atom stereocenters. The van der Waals surface area contributed by atoms with Gasteiger partial charge in [-0.25, -0.2) is 9.78 Å². The number of halogens is 1. The summed E-state index contributed by atoms with van der Waals surface area (Å²) >= 11 is 3.54. The third kappa shape index (κ3) is 3.15. The lowest BCUT2D eigenvalue weighted by atomic mass is 10.2. The summed E-state index contributed by atoms with van der Waals surface area (Å²) in [4.78, 5) is 18.5. The first kappa shape index (κ1) is 14.6. The minimum atomic E-state index is -0.445. The average Bonchev–Trinajstić information content (AvgIpc) is 2.83. The lowest BCUT2D eigenvalue weighted by Crippen LogP contribution is -2.38. The Kier molecular flexibility index (Phi) is 3.59. The fourth-order valence-electron chi connectivity index (χ4n) is 2.97. The number of hydrogen-bond acceptors (Lipinski definition) is 4. The van der Waals surface area contributed by atoms with Crippen LogP contribution in [0, 0.1) is 11.8 Å². The number of nitrogens with one attached hydrogen (secondary N) is 1. The van der Waals surface area contributed by atoms with Gasteiger partial charge in [-0.2, -0.15) is 0 Å². The van der Waals surface area contributed by atoms with Gasteiger partial charge in [0.15, 0.2) is 0 Å². The quantitative estimate of drug-likeness (QED) is 0.888. The van der Waals surface area contributed by atoms with Crippen molar-refractivity contribution in [3.8, 4) is 0 Å². The molecule has 3 rings (SSSR count). The number of hydrogen-bond donors (Lipinski definition) is 1. The molecule has 5 nitrogen and oxygen atoms in total. The van der Waals surface area contributed by atoms with E-state index in [0.717, 1.165) is 23.4 Å². The van der Waals surface area contributed by atoms with Gasteiger partial charge < -0.3 is 15.0 Å². The van der Waals surface area contributed by atoms with Gasteiger partial charge in [0, 0.05) is 37.2 Å². The van der Waals surface area contributed by atoms with Gasteiger partial charge in [0.2, 0.25) is 0 Å². The van der Waals surface area contributed by atoms with Gasteiger partial charge in [-0.05, 0) is 48.8 Å². The number of nitrogens with zero attached hydrogens (tertiary/aromatic N) is 2. The second kappa shape index (κ2) is 5.16. The number of pyridine rings is 1. The van der Waals surface area contributed by atoms with E-state index in [4.69, 9.17) is 4.74 Å². The third-order valence-electron chi connectivity index (χ3n) is 3.92. The molecule has 0 bridgehead atoms. The first-order chi connectivity index (χ1) is 9.85. The van der Waals surface area contributed by atoms with E-state index in [9.17, 15) is 4.79 Å². The van der Waals surface area contributed by atoms with Gasteiger partial charge in [-0.3, -0.25) is 0 Å². The molecule has 1 aliphatic carbocycles. The molecule has 0 spiro atoms. The van der Waals surface area contributed by atoms with Crippen LogP contribution in [-0.4, -0.2) is 35.8 Å². The first-order valence-corrected chi connectivity index (χ1v) is 7.99. The van der Waals surface area contributed by atoms with Crippen molar-refractivity contribution in [1.29, 1.82) is 0 Å². The summed E-state index contributed by atoms with van der Waals surface area (Å²) in [7, 11) is 0. The number of piperidine rings is 1. The van der Waals surface area contributed by atoms with Crippen molar-refractivity contribution in [3.63, 3.8) is 0 Å². The molecule has 1 aliphatic heterocycles. The first-order valence-electron chi connectivity index (χ1n) is 7.20. The number of carbonyl (C=O) groups is 1. The molecule has 0 radical (unpaired) electrons. The monoisotopic (exact) mass is 353 g/mol. The Labute approximate surface area is 133 Å². The Balaban J connectivity index is 1.53.